The first-order valence-corrected chi connectivity index (χ1v) is 10.3. The molecular formula is C24H33NO3. The van der Waals surface area contributed by atoms with E-state index < -0.39 is 0 Å². The number of ether oxygens (including phenoxy) is 2. The van der Waals surface area contributed by atoms with E-state index in [0.717, 1.165) is 43.4 Å². The molecule has 0 bridgehead atoms. The van der Waals surface area contributed by atoms with E-state index >= 15 is 0 Å². The molecule has 4 heteroatoms. The zero-order valence-electron chi connectivity index (χ0n) is 17.4. The van der Waals surface area contributed by atoms with Crippen molar-refractivity contribution in [3.05, 3.63) is 59.7 Å². The third kappa shape index (κ3) is 6.91. The average molecular weight is 384 g/mol. The lowest BCUT2D eigenvalue weighted by Crippen LogP contribution is -2.31. The summed E-state index contributed by atoms with van der Waals surface area (Å²) >= 11 is 0. The Morgan fingerprint density at radius 2 is 1.68 bits per heavy atom. The van der Waals surface area contributed by atoms with Crippen molar-refractivity contribution in [2.24, 2.45) is 0 Å². The van der Waals surface area contributed by atoms with Gasteiger partial charge in [-0.15, -0.1) is 0 Å². The van der Waals surface area contributed by atoms with Crippen LogP contribution in [-0.2, 0) is 17.9 Å². The smallest absolute Gasteiger partial charge is 0.222 e. The van der Waals surface area contributed by atoms with Gasteiger partial charge in [0.2, 0.25) is 5.91 Å². The molecule has 0 radical (unpaired) electrons. The van der Waals surface area contributed by atoms with Crippen LogP contribution < -0.4 is 9.47 Å². The number of amides is 1. The number of hydrogen-bond donors (Lipinski definition) is 0. The van der Waals surface area contributed by atoms with E-state index in [-0.39, 0.29) is 5.91 Å². The third-order valence-electron chi connectivity index (χ3n) is 4.72. The fraction of sp³-hybridized carbons (Fsp3) is 0.458. The molecule has 0 aliphatic rings. The normalized spacial score (nSPS) is 10.5. The third-order valence-corrected chi connectivity index (χ3v) is 4.72. The molecule has 0 heterocycles. The Morgan fingerprint density at radius 1 is 0.929 bits per heavy atom. The summed E-state index contributed by atoms with van der Waals surface area (Å²) in [6.45, 7) is 6.17. The molecular weight excluding hydrogens is 350 g/mol. The Labute approximate surface area is 169 Å². The fourth-order valence-corrected chi connectivity index (χ4v) is 3.01. The summed E-state index contributed by atoms with van der Waals surface area (Å²) in [6.07, 6.45) is 4.70. The van der Waals surface area contributed by atoms with Crippen LogP contribution in [0.2, 0.25) is 0 Å². The predicted octanol–water partition coefficient (Wildman–Crippen LogP) is 5.59. The van der Waals surface area contributed by atoms with E-state index in [2.05, 4.69) is 13.8 Å². The summed E-state index contributed by atoms with van der Waals surface area (Å²) < 4.78 is 11.5. The van der Waals surface area contributed by atoms with Gasteiger partial charge in [-0.25, -0.2) is 0 Å². The highest BCUT2D eigenvalue weighted by molar-refractivity contribution is 5.76. The molecule has 152 valence electrons. The maximum atomic E-state index is 12.6. The van der Waals surface area contributed by atoms with Gasteiger partial charge in [0.1, 0.15) is 6.61 Å². The van der Waals surface area contributed by atoms with Crippen LogP contribution in [0.25, 0.3) is 0 Å². The lowest BCUT2D eigenvalue weighted by atomic mass is 10.1. The Kier molecular flexibility index (Phi) is 9.40. The summed E-state index contributed by atoms with van der Waals surface area (Å²) in [5.41, 5.74) is 2.17. The number of hydrogen-bond acceptors (Lipinski definition) is 3. The Hall–Kier alpha value is -2.49. The number of unbranched alkanes of at least 4 members (excludes halogenated alkanes) is 2. The van der Waals surface area contributed by atoms with Crippen molar-refractivity contribution in [3.8, 4) is 11.5 Å². The van der Waals surface area contributed by atoms with Gasteiger partial charge < -0.3 is 14.4 Å². The molecule has 0 saturated carbocycles. The second kappa shape index (κ2) is 12.1. The molecule has 0 N–H and O–H groups in total. The number of rotatable bonds is 12. The van der Waals surface area contributed by atoms with Gasteiger partial charge in [-0.2, -0.15) is 0 Å². The lowest BCUT2D eigenvalue weighted by molar-refractivity contribution is -0.132. The molecule has 28 heavy (non-hydrogen) atoms. The van der Waals surface area contributed by atoms with E-state index in [1.165, 1.54) is 0 Å². The molecule has 2 aromatic carbocycles. The summed E-state index contributed by atoms with van der Waals surface area (Å²) in [4.78, 5) is 14.5. The van der Waals surface area contributed by atoms with Gasteiger partial charge in [-0.3, -0.25) is 4.79 Å². The van der Waals surface area contributed by atoms with Crippen LogP contribution in [0.3, 0.4) is 0 Å². The van der Waals surface area contributed by atoms with Crippen molar-refractivity contribution >= 4 is 5.91 Å². The van der Waals surface area contributed by atoms with Gasteiger partial charge in [-0.05, 0) is 36.1 Å². The number of nitrogens with zero attached hydrogens (tertiary/aromatic N) is 1. The average Bonchev–Trinajstić information content (AvgIpc) is 2.74. The van der Waals surface area contributed by atoms with Gasteiger partial charge in [-0.1, -0.05) is 63.1 Å². The van der Waals surface area contributed by atoms with Crippen molar-refractivity contribution in [2.45, 2.75) is 59.1 Å². The molecule has 0 aliphatic carbocycles. The van der Waals surface area contributed by atoms with Crippen LogP contribution in [0.4, 0.5) is 0 Å². The molecule has 0 unspecified atom stereocenters. The van der Waals surface area contributed by atoms with E-state index in [9.17, 15) is 4.79 Å². The zero-order valence-corrected chi connectivity index (χ0v) is 17.4. The number of carbonyl (C=O) groups excluding carboxylic acids is 1. The van der Waals surface area contributed by atoms with Crippen LogP contribution in [-0.4, -0.2) is 24.5 Å². The molecule has 0 spiro atoms. The standard InChI is InChI=1S/C24H33NO3/c1-4-6-13-24(26)25(16-7-5-2)18-21-14-15-22(23(17-21)27-3)28-19-20-11-9-8-10-12-20/h8-12,14-15,17H,4-7,13,16,18-19H2,1-3H3. The van der Waals surface area contributed by atoms with Crippen molar-refractivity contribution < 1.29 is 14.3 Å². The minimum absolute atomic E-state index is 0.235. The maximum Gasteiger partial charge on any atom is 0.222 e. The Morgan fingerprint density at radius 3 is 2.36 bits per heavy atom. The summed E-state index contributed by atoms with van der Waals surface area (Å²) in [5.74, 6) is 1.65. The molecule has 0 atom stereocenters. The highest BCUT2D eigenvalue weighted by Crippen LogP contribution is 2.29. The van der Waals surface area contributed by atoms with E-state index in [0.29, 0.717) is 31.1 Å². The monoisotopic (exact) mass is 383 g/mol. The van der Waals surface area contributed by atoms with Crippen molar-refractivity contribution in [1.82, 2.24) is 4.90 Å². The van der Waals surface area contributed by atoms with E-state index in [4.69, 9.17) is 9.47 Å². The predicted molar refractivity (Wildman–Crippen MR) is 114 cm³/mol. The minimum Gasteiger partial charge on any atom is -0.493 e. The summed E-state index contributed by atoms with van der Waals surface area (Å²) in [5, 5.41) is 0. The molecule has 0 fully saturated rings. The maximum absolute atomic E-state index is 12.6. The fourth-order valence-electron chi connectivity index (χ4n) is 3.01. The molecule has 1 amide bonds. The van der Waals surface area contributed by atoms with Crippen LogP contribution in [0.1, 0.15) is 57.1 Å². The SMILES string of the molecule is CCCCC(=O)N(CCCC)Cc1ccc(OCc2ccccc2)c(OC)c1. The molecule has 2 rings (SSSR count). The van der Waals surface area contributed by atoms with Crippen LogP contribution in [0.15, 0.2) is 48.5 Å². The van der Waals surface area contributed by atoms with Gasteiger partial charge in [0, 0.05) is 19.5 Å². The number of methoxy groups -OCH3 is 1. The highest BCUT2D eigenvalue weighted by Gasteiger charge is 2.15. The molecule has 0 aromatic heterocycles. The largest absolute Gasteiger partial charge is 0.493 e. The molecule has 2 aromatic rings. The first-order valence-electron chi connectivity index (χ1n) is 10.3. The highest BCUT2D eigenvalue weighted by atomic mass is 16.5. The van der Waals surface area contributed by atoms with Gasteiger partial charge in [0.15, 0.2) is 11.5 Å². The topological polar surface area (TPSA) is 38.8 Å². The van der Waals surface area contributed by atoms with Gasteiger partial charge in [0.05, 0.1) is 7.11 Å². The Balaban J connectivity index is 2.06. The van der Waals surface area contributed by atoms with Crippen LogP contribution in [0, 0.1) is 0 Å². The second-order valence-electron chi connectivity index (χ2n) is 7.03. The van der Waals surface area contributed by atoms with Gasteiger partial charge in [0.25, 0.3) is 0 Å². The van der Waals surface area contributed by atoms with E-state index in [1.807, 2.05) is 53.4 Å². The minimum atomic E-state index is 0.235. The zero-order chi connectivity index (χ0) is 20.2. The van der Waals surface area contributed by atoms with Crippen molar-refractivity contribution in [3.63, 3.8) is 0 Å². The van der Waals surface area contributed by atoms with Crippen LogP contribution >= 0.6 is 0 Å². The molecule has 4 nitrogen and oxygen atoms in total. The number of benzene rings is 2. The summed E-state index contributed by atoms with van der Waals surface area (Å²) in [6, 6.07) is 16.0. The van der Waals surface area contributed by atoms with Crippen LogP contribution in [0.5, 0.6) is 11.5 Å². The summed E-state index contributed by atoms with van der Waals surface area (Å²) in [7, 11) is 1.65. The second-order valence-corrected chi connectivity index (χ2v) is 7.03. The van der Waals surface area contributed by atoms with E-state index in [1.54, 1.807) is 7.11 Å². The first-order chi connectivity index (χ1) is 13.7. The quantitative estimate of drug-likeness (QED) is 0.479. The molecule has 0 saturated heterocycles. The first kappa shape index (κ1) is 21.8. The Bertz CT molecular complexity index is 715. The van der Waals surface area contributed by atoms with Crippen molar-refractivity contribution in [2.75, 3.05) is 13.7 Å². The lowest BCUT2D eigenvalue weighted by Gasteiger charge is -2.23. The van der Waals surface area contributed by atoms with Gasteiger partial charge >= 0.3 is 0 Å². The van der Waals surface area contributed by atoms with Crippen molar-refractivity contribution in [1.29, 1.82) is 0 Å². The molecule has 0 aliphatic heterocycles. The number of carbonyl (C=O) groups is 1.